The van der Waals surface area contributed by atoms with E-state index in [0.29, 0.717) is 54.6 Å². The van der Waals surface area contributed by atoms with E-state index in [2.05, 4.69) is 20.2 Å². The number of nitrogens with one attached hydrogen (secondary N) is 1. The highest BCUT2D eigenvalue weighted by Gasteiger charge is 2.40. The zero-order chi connectivity index (χ0) is 21.3. The van der Waals surface area contributed by atoms with Crippen molar-refractivity contribution in [3.63, 3.8) is 0 Å². The summed E-state index contributed by atoms with van der Waals surface area (Å²) in [4.78, 5) is 50.7. The first kappa shape index (κ1) is 19.6. The highest BCUT2D eigenvalue weighted by Crippen LogP contribution is 2.32. The van der Waals surface area contributed by atoms with Crippen LogP contribution in [0.1, 0.15) is 12.5 Å². The van der Waals surface area contributed by atoms with Gasteiger partial charge >= 0.3 is 0 Å². The lowest BCUT2D eigenvalue weighted by atomic mass is 10.0. The summed E-state index contributed by atoms with van der Waals surface area (Å²) in [6, 6.07) is 8.72. The number of anilines is 2. The average Bonchev–Trinajstić information content (AvgIpc) is 2.99. The largest absolute Gasteiger partial charge is 0.363 e. The molecule has 0 aliphatic carbocycles. The molecule has 3 heterocycles. The van der Waals surface area contributed by atoms with Crippen LogP contribution in [0, 0.1) is 0 Å². The molecule has 0 saturated carbocycles. The molecule has 4 rings (SSSR count). The van der Waals surface area contributed by atoms with Crippen LogP contribution in [0.15, 0.2) is 48.4 Å². The molecule has 30 heavy (non-hydrogen) atoms. The Morgan fingerprint density at radius 2 is 1.53 bits per heavy atom. The van der Waals surface area contributed by atoms with Crippen molar-refractivity contribution in [3.05, 3.63) is 54.0 Å². The number of likely N-dealkylation sites (N-methyl/N-ethyl adjacent to an activating group) is 1. The zero-order valence-corrected chi connectivity index (χ0v) is 16.8. The average molecular weight is 406 g/mol. The van der Waals surface area contributed by atoms with Gasteiger partial charge in [0.05, 0.1) is 5.57 Å². The van der Waals surface area contributed by atoms with Crippen molar-refractivity contribution in [1.82, 2.24) is 19.8 Å². The lowest BCUT2D eigenvalue weighted by Gasteiger charge is -2.36. The lowest BCUT2D eigenvalue weighted by Crippen LogP contribution is -2.48. The minimum atomic E-state index is -0.323. The molecular weight excluding hydrogens is 384 g/mol. The van der Waals surface area contributed by atoms with Crippen LogP contribution in [0.3, 0.4) is 0 Å². The number of hydrogen-bond acceptors (Lipinski definition) is 7. The third kappa shape index (κ3) is 3.61. The number of rotatable bonds is 4. The first-order valence-corrected chi connectivity index (χ1v) is 9.67. The maximum absolute atomic E-state index is 12.9. The molecule has 1 aromatic carbocycles. The molecule has 2 aliphatic rings. The number of aromatic nitrogens is 2. The number of amides is 3. The van der Waals surface area contributed by atoms with E-state index < -0.39 is 0 Å². The zero-order valence-electron chi connectivity index (χ0n) is 16.8. The molecule has 9 nitrogen and oxygen atoms in total. The molecule has 1 aromatic heterocycles. The van der Waals surface area contributed by atoms with E-state index in [9.17, 15) is 14.4 Å². The second-order valence-corrected chi connectivity index (χ2v) is 7.17. The van der Waals surface area contributed by atoms with Crippen molar-refractivity contribution in [2.24, 2.45) is 0 Å². The third-order valence-corrected chi connectivity index (χ3v) is 5.19. The Balaban J connectivity index is 1.60. The Morgan fingerprint density at radius 3 is 2.13 bits per heavy atom. The topological polar surface area (TPSA) is 98.7 Å². The van der Waals surface area contributed by atoms with Crippen LogP contribution >= 0.6 is 0 Å². The maximum Gasteiger partial charge on any atom is 0.277 e. The van der Waals surface area contributed by atoms with Crippen LogP contribution < -0.4 is 10.2 Å². The minimum absolute atomic E-state index is 0.172. The molecule has 2 aliphatic heterocycles. The Bertz CT molecular complexity index is 1010. The second kappa shape index (κ2) is 7.94. The van der Waals surface area contributed by atoms with Gasteiger partial charge in [0.1, 0.15) is 5.70 Å². The van der Waals surface area contributed by atoms with Crippen LogP contribution in [-0.2, 0) is 14.4 Å². The van der Waals surface area contributed by atoms with E-state index in [1.807, 2.05) is 4.90 Å². The van der Waals surface area contributed by atoms with E-state index in [0.717, 1.165) is 4.90 Å². The van der Waals surface area contributed by atoms with E-state index in [1.165, 1.54) is 14.0 Å². The number of hydrogen-bond donors (Lipinski definition) is 1. The number of benzene rings is 1. The van der Waals surface area contributed by atoms with Gasteiger partial charge in [0, 0.05) is 58.2 Å². The molecule has 1 saturated heterocycles. The number of carbonyl (C=O) groups is 3. The predicted molar refractivity (Wildman–Crippen MR) is 111 cm³/mol. The van der Waals surface area contributed by atoms with Crippen LogP contribution in [0.25, 0.3) is 5.57 Å². The van der Waals surface area contributed by atoms with E-state index in [1.54, 1.807) is 42.7 Å². The maximum atomic E-state index is 12.9. The van der Waals surface area contributed by atoms with Crippen LogP contribution in [-0.4, -0.2) is 70.7 Å². The highest BCUT2D eigenvalue weighted by molar-refractivity contribution is 6.35. The number of carbonyl (C=O) groups excluding carboxylic acids is 3. The van der Waals surface area contributed by atoms with Crippen LogP contribution in [0.4, 0.5) is 11.6 Å². The standard InChI is InChI=1S/C21H22N6O3/c1-14(28)24-16-6-4-15(5-7-16)17-18(20(30)25(2)19(17)29)26-10-12-27(13-11-26)21-22-8-3-9-23-21/h3-9H,10-13H2,1-2H3,(H,24,28). The SMILES string of the molecule is CC(=O)Nc1ccc(C2=C(N3CCN(c4ncccn4)CC3)C(=O)N(C)C2=O)cc1. The molecule has 1 N–H and O–H groups in total. The third-order valence-electron chi connectivity index (χ3n) is 5.19. The van der Waals surface area contributed by atoms with Gasteiger partial charge in [-0.05, 0) is 23.8 Å². The van der Waals surface area contributed by atoms with Crippen molar-refractivity contribution in [2.75, 3.05) is 43.4 Å². The molecule has 0 radical (unpaired) electrons. The summed E-state index contributed by atoms with van der Waals surface area (Å²) in [6.07, 6.45) is 3.40. The normalized spacial score (nSPS) is 17.1. The Morgan fingerprint density at radius 1 is 0.933 bits per heavy atom. The summed E-state index contributed by atoms with van der Waals surface area (Å²) in [6.45, 7) is 3.88. The first-order valence-electron chi connectivity index (χ1n) is 9.67. The Labute approximate surface area is 174 Å². The molecule has 3 amide bonds. The van der Waals surface area contributed by atoms with Crippen molar-refractivity contribution >= 4 is 34.9 Å². The Kier molecular flexibility index (Phi) is 5.18. The Hall–Kier alpha value is -3.75. The number of imide groups is 1. The first-order chi connectivity index (χ1) is 14.5. The summed E-state index contributed by atoms with van der Waals surface area (Å²) in [5.41, 5.74) is 2.09. The molecule has 1 fully saturated rings. The van der Waals surface area contributed by atoms with Gasteiger partial charge in [-0.15, -0.1) is 0 Å². The summed E-state index contributed by atoms with van der Waals surface area (Å²) >= 11 is 0. The molecule has 0 atom stereocenters. The van der Waals surface area contributed by atoms with Gasteiger partial charge in [-0.2, -0.15) is 0 Å². The fraction of sp³-hybridized carbons (Fsp3) is 0.286. The van der Waals surface area contributed by atoms with Crippen molar-refractivity contribution < 1.29 is 14.4 Å². The second-order valence-electron chi connectivity index (χ2n) is 7.17. The fourth-order valence-electron chi connectivity index (χ4n) is 3.69. The smallest absolute Gasteiger partial charge is 0.277 e. The summed E-state index contributed by atoms with van der Waals surface area (Å²) < 4.78 is 0. The minimum Gasteiger partial charge on any atom is -0.363 e. The summed E-state index contributed by atoms with van der Waals surface area (Å²) in [5, 5.41) is 2.70. The van der Waals surface area contributed by atoms with Gasteiger partial charge < -0.3 is 15.1 Å². The monoisotopic (exact) mass is 406 g/mol. The van der Waals surface area contributed by atoms with Gasteiger partial charge in [-0.1, -0.05) is 12.1 Å². The number of nitrogens with zero attached hydrogens (tertiary/aromatic N) is 5. The van der Waals surface area contributed by atoms with E-state index >= 15 is 0 Å². The van der Waals surface area contributed by atoms with Crippen molar-refractivity contribution in [1.29, 1.82) is 0 Å². The van der Waals surface area contributed by atoms with Crippen LogP contribution in [0.2, 0.25) is 0 Å². The van der Waals surface area contributed by atoms with E-state index in [-0.39, 0.29) is 17.7 Å². The van der Waals surface area contributed by atoms with E-state index in [4.69, 9.17) is 0 Å². The molecular formula is C21H22N6O3. The summed E-state index contributed by atoms with van der Waals surface area (Å²) in [5.74, 6) is -0.137. The molecule has 0 spiro atoms. The fourth-order valence-corrected chi connectivity index (χ4v) is 3.69. The quantitative estimate of drug-likeness (QED) is 0.756. The van der Waals surface area contributed by atoms with Crippen LogP contribution in [0.5, 0.6) is 0 Å². The number of piperazine rings is 1. The summed E-state index contributed by atoms with van der Waals surface area (Å²) in [7, 11) is 1.50. The van der Waals surface area contributed by atoms with Gasteiger partial charge in [0.2, 0.25) is 11.9 Å². The molecule has 9 heteroatoms. The predicted octanol–water partition coefficient (Wildman–Crippen LogP) is 0.967. The molecule has 2 aromatic rings. The van der Waals surface area contributed by atoms with Gasteiger partial charge in [0.25, 0.3) is 11.8 Å². The van der Waals surface area contributed by atoms with Gasteiger partial charge in [0.15, 0.2) is 0 Å². The molecule has 154 valence electrons. The van der Waals surface area contributed by atoms with Crippen molar-refractivity contribution in [2.45, 2.75) is 6.92 Å². The van der Waals surface area contributed by atoms with Gasteiger partial charge in [-0.25, -0.2) is 9.97 Å². The highest BCUT2D eigenvalue weighted by atomic mass is 16.2. The lowest BCUT2D eigenvalue weighted by molar-refractivity contribution is -0.136. The molecule has 0 bridgehead atoms. The van der Waals surface area contributed by atoms with Crippen molar-refractivity contribution in [3.8, 4) is 0 Å². The van der Waals surface area contributed by atoms with Gasteiger partial charge in [-0.3, -0.25) is 19.3 Å². The molecule has 0 unspecified atom stereocenters.